The first kappa shape index (κ1) is 17.2. The molecule has 0 aromatic carbocycles. The minimum absolute atomic E-state index is 0.109. The fourth-order valence-electron chi connectivity index (χ4n) is 1.37. The topological polar surface area (TPSA) is 27.7 Å². The fourth-order valence-corrected chi connectivity index (χ4v) is 2.34. The Morgan fingerprint density at radius 2 is 1.76 bits per heavy atom. The lowest BCUT2D eigenvalue weighted by atomic mass is 10.2. The Morgan fingerprint density at radius 3 is 2.24 bits per heavy atom. The summed E-state index contributed by atoms with van der Waals surface area (Å²) in [5.41, 5.74) is 0.779. The summed E-state index contributed by atoms with van der Waals surface area (Å²) in [5.74, 6) is -0.555. The molecule has 0 aliphatic heterocycles. The van der Waals surface area contributed by atoms with Crippen LogP contribution in [0.3, 0.4) is 0 Å². The first-order valence-corrected chi connectivity index (χ1v) is 10.7. The highest BCUT2D eigenvalue weighted by Crippen LogP contribution is 2.36. The Bertz CT molecular complexity index is 384. The highest BCUT2D eigenvalue weighted by Gasteiger charge is 2.36. The van der Waals surface area contributed by atoms with Gasteiger partial charge >= 0.3 is 0 Å². The maximum atomic E-state index is 7.64. The standard InChI is InChI=1S/C17H36O3Si/c1-15(14-20-21(8,9)16(2,3)4)12-10-11-13-19-17(5,6)18-7/h1,10-14H2,2-9H3/i1+1D2. The van der Waals surface area contributed by atoms with Crippen LogP contribution in [0.25, 0.3) is 0 Å². The zero-order chi connectivity index (χ0) is 18.3. The van der Waals surface area contributed by atoms with E-state index in [0.29, 0.717) is 19.6 Å². The van der Waals surface area contributed by atoms with Gasteiger partial charge in [0.05, 0.1) is 16.0 Å². The number of hydrogen-bond acceptors (Lipinski definition) is 3. The molecule has 0 aromatic rings. The van der Waals surface area contributed by atoms with Crippen LogP contribution in [0.2, 0.25) is 18.1 Å². The van der Waals surface area contributed by atoms with E-state index in [1.54, 1.807) is 7.11 Å². The third-order valence-electron chi connectivity index (χ3n) is 4.23. The van der Waals surface area contributed by atoms with Gasteiger partial charge in [-0.05, 0) is 51.2 Å². The Hall–Kier alpha value is -0.163. The molecular weight excluding hydrogens is 281 g/mol. The molecule has 0 spiro atoms. The predicted octanol–water partition coefficient (Wildman–Crippen LogP) is 5.13. The van der Waals surface area contributed by atoms with Gasteiger partial charge in [-0.2, -0.15) is 0 Å². The van der Waals surface area contributed by atoms with E-state index in [-0.39, 0.29) is 11.6 Å². The Kier molecular flexibility index (Phi) is 6.93. The van der Waals surface area contributed by atoms with Crippen LogP contribution in [0.5, 0.6) is 0 Å². The summed E-state index contributed by atoms with van der Waals surface area (Å²) in [7, 11) is -0.209. The van der Waals surface area contributed by atoms with Crippen molar-refractivity contribution in [1.82, 2.24) is 0 Å². The third-order valence-corrected chi connectivity index (χ3v) is 8.71. The average molecular weight is 320 g/mol. The van der Waals surface area contributed by atoms with E-state index < -0.39 is 14.1 Å². The van der Waals surface area contributed by atoms with E-state index in [4.69, 9.17) is 16.6 Å². The van der Waals surface area contributed by atoms with Crippen LogP contribution in [0.4, 0.5) is 0 Å². The molecule has 0 bridgehead atoms. The molecule has 0 heterocycles. The van der Waals surface area contributed by atoms with Gasteiger partial charge in [0.1, 0.15) is 0 Å². The summed E-state index contributed by atoms with van der Waals surface area (Å²) in [6.07, 6.45) is 2.48. The number of methoxy groups -OCH3 is 1. The summed E-state index contributed by atoms with van der Waals surface area (Å²) < 4.78 is 32.2. The van der Waals surface area contributed by atoms with Crippen molar-refractivity contribution in [2.24, 2.45) is 0 Å². The molecule has 0 aliphatic rings. The van der Waals surface area contributed by atoms with Gasteiger partial charge in [-0.3, -0.25) is 0 Å². The van der Waals surface area contributed by atoms with Crippen LogP contribution in [-0.4, -0.2) is 34.4 Å². The SMILES string of the molecule is [2H][13C]([2H])=C(CCCCOC(C)(C)OC)CO[Si](C)(C)C(C)(C)C. The fraction of sp³-hybridized carbons (Fsp3) is 0.882. The van der Waals surface area contributed by atoms with Crippen LogP contribution < -0.4 is 0 Å². The molecule has 0 atom stereocenters. The lowest BCUT2D eigenvalue weighted by molar-refractivity contribution is -0.197. The first-order valence-electron chi connectivity index (χ1n) is 8.81. The molecular formula is C17H36O3Si. The van der Waals surface area contributed by atoms with Gasteiger partial charge in [-0.15, -0.1) is 0 Å². The minimum Gasteiger partial charge on any atom is -0.413 e. The van der Waals surface area contributed by atoms with Crippen molar-refractivity contribution in [3.8, 4) is 0 Å². The number of hydrogen-bond donors (Lipinski definition) is 0. The summed E-state index contributed by atoms with van der Waals surface area (Å²) in [6, 6.07) is 0. The minimum atomic E-state index is -1.84. The molecule has 0 saturated heterocycles. The highest BCUT2D eigenvalue weighted by molar-refractivity contribution is 6.74. The number of unbranched alkanes of at least 4 members (excludes halogenated alkanes) is 1. The normalized spacial score (nSPS) is 14.7. The Balaban J connectivity index is 4.29. The molecule has 0 N–H and O–H groups in total. The average Bonchev–Trinajstić information content (AvgIpc) is 2.39. The van der Waals surface area contributed by atoms with Crippen LogP contribution >= 0.6 is 0 Å². The van der Waals surface area contributed by atoms with Crippen molar-refractivity contribution in [3.63, 3.8) is 0 Å². The van der Waals surface area contributed by atoms with Gasteiger partial charge in [-0.25, -0.2) is 0 Å². The molecule has 0 radical (unpaired) electrons. The van der Waals surface area contributed by atoms with Gasteiger partial charge in [0, 0.05) is 7.11 Å². The molecule has 3 nitrogen and oxygen atoms in total. The zero-order valence-corrected chi connectivity index (χ0v) is 16.3. The van der Waals surface area contributed by atoms with Crippen LogP contribution in [-0.2, 0) is 13.9 Å². The van der Waals surface area contributed by atoms with Gasteiger partial charge in [0.25, 0.3) is 0 Å². The first-order chi connectivity index (χ1) is 10.3. The molecule has 4 heteroatoms. The summed E-state index contributed by atoms with van der Waals surface area (Å²) in [4.78, 5) is 0. The summed E-state index contributed by atoms with van der Waals surface area (Å²) >= 11 is 0. The summed E-state index contributed by atoms with van der Waals surface area (Å²) in [6.45, 7) is 15.7. The monoisotopic (exact) mass is 319 g/mol. The van der Waals surface area contributed by atoms with Gasteiger partial charge in [-0.1, -0.05) is 32.9 Å². The van der Waals surface area contributed by atoms with Crippen LogP contribution in [0.1, 0.15) is 56.6 Å². The molecule has 0 aromatic heterocycles. The second-order valence-electron chi connectivity index (χ2n) is 7.56. The van der Waals surface area contributed by atoms with Crippen molar-refractivity contribution < 1.29 is 16.6 Å². The third kappa shape index (κ3) is 8.76. The molecule has 126 valence electrons. The van der Waals surface area contributed by atoms with Crippen molar-refractivity contribution in [2.75, 3.05) is 20.3 Å². The maximum absolute atomic E-state index is 7.64. The lowest BCUT2D eigenvalue weighted by Gasteiger charge is -2.36. The van der Waals surface area contributed by atoms with Gasteiger partial charge in [0.15, 0.2) is 14.1 Å². The van der Waals surface area contributed by atoms with E-state index in [1.807, 2.05) is 13.8 Å². The highest BCUT2D eigenvalue weighted by atomic mass is 28.4. The van der Waals surface area contributed by atoms with E-state index in [2.05, 4.69) is 33.9 Å². The van der Waals surface area contributed by atoms with Crippen molar-refractivity contribution >= 4 is 8.32 Å². The van der Waals surface area contributed by atoms with Crippen molar-refractivity contribution in [2.45, 2.75) is 77.8 Å². The summed E-state index contributed by atoms with van der Waals surface area (Å²) in [5, 5.41) is 0.141. The van der Waals surface area contributed by atoms with Crippen molar-refractivity contribution in [1.29, 1.82) is 0 Å². The smallest absolute Gasteiger partial charge is 0.192 e. The second-order valence-corrected chi connectivity index (χ2v) is 12.4. The largest absolute Gasteiger partial charge is 0.413 e. The maximum Gasteiger partial charge on any atom is 0.192 e. The van der Waals surface area contributed by atoms with Crippen molar-refractivity contribution in [3.05, 3.63) is 12.1 Å². The predicted molar refractivity (Wildman–Crippen MR) is 93.2 cm³/mol. The molecule has 0 amide bonds. The number of ether oxygens (including phenoxy) is 2. The number of rotatable bonds is 10. The van der Waals surface area contributed by atoms with Gasteiger partial charge < -0.3 is 13.9 Å². The molecule has 0 saturated carbocycles. The van der Waals surface area contributed by atoms with E-state index in [1.165, 1.54) is 0 Å². The second kappa shape index (κ2) is 8.46. The van der Waals surface area contributed by atoms with E-state index in [0.717, 1.165) is 18.4 Å². The Morgan fingerprint density at radius 1 is 1.14 bits per heavy atom. The van der Waals surface area contributed by atoms with Crippen LogP contribution in [0, 0.1) is 0 Å². The van der Waals surface area contributed by atoms with Crippen LogP contribution in [0.15, 0.2) is 12.1 Å². The molecule has 0 unspecified atom stereocenters. The van der Waals surface area contributed by atoms with Gasteiger partial charge in [0.2, 0.25) is 0 Å². The molecule has 0 aliphatic carbocycles. The molecule has 0 rings (SSSR count). The Labute approximate surface area is 136 Å². The lowest BCUT2D eigenvalue weighted by Crippen LogP contribution is -2.41. The molecule has 21 heavy (non-hydrogen) atoms. The van der Waals surface area contributed by atoms with E-state index in [9.17, 15) is 0 Å². The quantitative estimate of drug-likeness (QED) is 0.184. The van der Waals surface area contributed by atoms with E-state index >= 15 is 0 Å². The zero-order valence-electron chi connectivity index (χ0n) is 17.3. The molecule has 0 fully saturated rings.